The second-order valence-electron chi connectivity index (χ2n) is 5.89. The molecule has 3 nitrogen and oxygen atoms in total. The number of nitrogens with two attached hydrogens (primary N) is 1. The van der Waals surface area contributed by atoms with E-state index in [4.69, 9.17) is 10.5 Å². The Morgan fingerprint density at radius 1 is 1.32 bits per heavy atom. The van der Waals surface area contributed by atoms with Crippen molar-refractivity contribution in [3.8, 4) is 5.75 Å². The molecule has 0 aliphatic heterocycles. The van der Waals surface area contributed by atoms with Gasteiger partial charge in [0.15, 0.2) is 0 Å². The van der Waals surface area contributed by atoms with Gasteiger partial charge in [0.1, 0.15) is 5.75 Å². The molecular formula is C16H28N2O. The molecule has 2 N–H and O–H groups in total. The van der Waals surface area contributed by atoms with Gasteiger partial charge in [-0.15, -0.1) is 0 Å². The number of hydrogen-bond acceptors (Lipinski definition) is 3. The van der Waals surface area contributed by atoms with Crippen molar-refractivity contribution in [1.82, 2.24) is 0 Å². The standard InChI is InChI=1S/C16H28N2O/c1-6-13-11-14(7-8-15(13)19-5)18(4)10-9-16(2,3)12-17/h7-8,11H,6,9-10,12,17H2,1-5H3. The molecule has 0 unspecified atom stereocenters. The van der Waals surface area contributed by atoms with Gasteiger partial charge in [-0.3, -0.25) is 0 Å². The average Bonchev–Trinajstić information content (AvgIpc) is 2.44. The van der Waals surface area contributed by atoms with E-state index in [1.54, 1.807) is 7.11 Å². The Labute approximate surface area is 117 Å². The Hall–Kier alpha value is -1.22. The van der Waals surface area contributed by atoms with E-state index < -0.39 is 0 Å². The third-order valence-corrected chi connectivity index (χ3v) is 3.76. The highest BCUT2D eigenvalue weighted by atomic mass is 16.5. The molecule has 3 heteroatoms. The van der Waals surface area contributed by atoms with E-state index in [2.05, 4.69) is 50.9 Å². The van der Waals surface area contributed by atoms with E-state index in [-0.39, 0.29) is 5.41 Å². The van der Waals surface area contributed by atoms with Crippen molar-refractivity contribution < 1.29 is 4.74 Å². The minimum absolute atomic E-state index is 0.203. The molecule has 0 fully saturated rings. The number of rotatable bonds is 7. The fraction of sp³-hybridized carbons (Fsp3) is 0.625. The maximum Gasteiger partial charge on any atom is 0.122 e. The molecule has 0 bridgehead atoms. The summed E-state index contributed by atoms with van der Waals surface area (Å²) in [4.78, 5) is 2.29. The largest absolute Gasteiger partial charge is 0.496 e. The zero-order valence-corrected chi connectivity index (χ0v) is 13.0. The predicted octanol–water partition coefficient (Wildman–Crippen LogP) is 3.07. The van der Waals surface area contributed by atoms with Crippen LogP contribution in [0.25, 0.3) is 0 Å². The Balaban J connectivity index is 2.74. The SMILES string of the molecule is CCc1cc(N(C)CCC(C)(C)CN)ccc1OC. The molecule has 19 heavy (non-hydrogen) atoms. The number of methoxy groups -OCH3 is 1. The molecule has 0 heterocycles. The lowest BCUT2D eigenvalue weighted by molar-refractivity contribution is 0.351. The summed E-state index contributed by atoms with van der Waals surface area (Å²) in [7, 11) is 3.86. The van der Waals surface area contributed by atoms with Crippen LogP contribution in [0.1, 0.15) is 32.8 Å². The van der Waals surface area contributed by atoms with Crippen LogP contribution in [-0.2, 0) is 6.42 Å². The first-order valence-electron chi connectivity index (χ1n) is 7.01. The van der Waals surface area contributed by atoms with Crippen LogP contribution in [-0.4, -0.2) is 27.2 Å². The second kappa shape index (κ2) is 6.80. The minimum atomic E-state index is 0.203. The van der Waals surface area contributed by atoms with Gasteiger partial charge in [-0.25, -0.2) is 0 Å². The molecule has 0 aliphatic rings. The second-order valence-corrected chi connectivity index (χ2v) is 5.89. The van der Waals surface area contributed by atoms with Crippen LogP contribution in [0.2, 0.25) is 0 Å². The van der Waals surface area contributed by atoms with E-state index in [1.807, 2.05) is 0 Å². The summed E-state index contributed by atoms with van der Waals surface area (Å²) in [5, 5.41) is 0. The van der Waals surface area contributed by atoms with Crippen molar-refractivity contribution in [2.24, 2.45) is 11.1 Å². The van der Waals surface area contributed by atoms with Gasteiger partial charge in [-0.05, 0) is 48.6 Å². The molecule has 0 aliphatic carbocycles. The molecular weight excluding hydrogens is 236 g/mol. The number of benzene rings is 1. The van der Waals surface area contributed by atoms with Crippen LogP contribution in [0, 0.1) is 5.41 Å². The Bertz CT molecular complexity index is 402. The third kappa shape index (κ3) is 4.43. The highest BCUT2D eigenvalue weighted by Crippen LogP contribution is 2.26. The van der Waals surface area contributed by atoms with Crippen molar-refractivity contribution in [2.75, 3.05) is 32.1 Å². The molecule has 108 valence electrons. The van der Waals surface area contributed by atoms with Gasteiger partial charge in [-0.1, -0.05) is 20.8 Å². The van der Waals surface area contributed by atoms with E-state index >= 15 is 0 Å². The fourth-order valence-corrected chi connectivity index (χ4v) is 1.98. The van der Waals surface area contributed by atoms with Crippen LogP contribution in [0.4, 0.5) is 5.69 Å². The molecule has 0 aromatic heterocycles. The molecule has 0 spiro atoms. The molecule has 1 aromatic carbocycles. The normalized spacial score (nSPS) is 11.5. The summed E-state index contributed by atoms with van der Waals surface area (Å²) in [6.45, 7) is 8.32. The van der Waals surface area contributed by atoms with Crippen molar-refractivity contribution in [2.45, 2.75) is 33.6 Å². The van der Waals surface area contributed by atoms with E-state index in [1.165, 1.54) is 11.3 Å². The first kappa shape index (κ1) is 15.8. The zero-order valence-electron chi connectivity index (χ0n) is 13.0. The fourth-order valence-electron chi connectivity index (χ4n) is 1.98. The molecule has 0 atom stereocenters. The summed E-state index contributed by atoms with van der Waals surface area (Å²) in [6, 6.07) is 6.39. The first-order valence-corrected chi connectivity index (χ1v) is 7.01. The molecule has 1 rings (SSSR count). The van der Waals surface area contributed by atoms with Crippen LogP contribution >= 0.6 is 0 Å². The van der Waals surface area contributed by atoms with Gasteiger partial charge < -0.3 is 15.4 Å². The molecule has 0 saturated heterocycles. The van der Waals surface area contributed by atoms with Gasteiger partial charge in [0.05, 0.1) is 7.11 Å². The zero-order chi connectivity index (χ0) is 14.5. The number of nitrogens with zero attached hydrogens (tertiary/aromatic N) is 1. The highest BCUT2D eigenvalue weighted by Gasteiger charge is 2.16. The number of aryl methyl sites for hydroxylation is 1. The maximum atomic E-state index is 5.78. The summed E-state index contributed by atoms with van der Waals surface area (Å²) in [5.74, 6) is 0.974. The summed E-state index contributed by atoms with van der Waals surface area (Å²) < 4.78 is 5.37. The summed E-state index contributed by atoms with van der Waals surface area (Å²) in [5.41, 5.74) is 8.48. The van der Waals surface area contributed by atoms with Crippen molar-refractivity contribution in [3.05, 3.63) is 23.8 Å². The van der Waals surface area contributed by atoms with Crippen LogP contribution < -0.4 is 15.4 Å². The quantitative estimate of drug-likeness (QED) is 0.822. The predicted molar refractivity (Wildman–Crippen MR) is 83.1 cm³/mol. The van der Waals surface area contributed by atoms with E-state index in [0.29, 0.717) is 0 Å². The Morgan fingerprint density at radius 3 is 2.53 bits per heavy atom. The Morgan fingerprint density at radius 2 is 2.00 bits per heavy atom. The average molecular weight is 264 g/mol. The minimum Gasteiger partial charge on any atom is -0.496 e. The van der Waals surface area contributed by atoms with Gasteiger partial charge in [0.2, 0.25) is 0 Å². The van der Waals surface area contributed by atoms with Crippen molar-refractivity contribution in [3.63, 3.8) is 0 Å². The molecule has 0 saturated carbocycles. The van der Waals surface area contributed by atoms with Crippen LogP contribution in [0.15, 0.2) is 18.2 Å². The third-order valence-electron chi connectivity index (χ3n) is 3.76. The number of anilines is 1. The summed E-state index contributed by atoms with van der Waals surface area (Å²) in [6.07, 6.45) is 2.08. The van der Waals surface area contributed by atoms with Gasteiger partial charge in [-0.2, -0.15) is 0 Å². The van der Waals surface area contributed by atoms with E-state index in [0.717, 1.165) is 31.7 Å². The topological polar surface area (TPSA) is 38.5 Å². The van der Waals surface area contributed by atoms with Gasteiger partial charge in [0.25, 0.3) is 0 Å². The smallest absolute Gasteiger partial charge is 0.122 e. The lowest BCUT2D eigenvalue weighted by Gasteiger charge is -2.27. The number of hydrogen-bond donors (Lipinski definition) is 1. The lowest BCUT2D eigenvalue weighted by Crippen LogP contribution is -2.29. The van der Waals surface area contributed by atoms with Crippen LogP contribution in [0.3, 0.4) is 0 Å². The Kier molecular flexibility index (Phi) is 5.67. The first-order chi connectivity index (χ1) is 8.93. The van der Waals surface area contributed by atoms with Gasteiger partial charge >= 0.3 is 0 Å². The molecule has 0 amide bonds. The van der Waals surface area contributed by atoms with Crippen LogP contribution in [0.5, 0.6) is 5.75 Å². The highest BCUT2D eigenvalue weighted by molar-refractivity contribution is 5.52. The van der Waals surface area contributed by atoms with E-state index in [9.17, 15) is 0 Å². The van der Waals surface area contributed by atoms with Crippen molar-refractivity contribution in [1.29, 1.82) is 0 Å². The van der Waals surface area contributed by atoms with Crippen molar-refractivity contribution >= 4 is 5.69 Å². The lowest BCUT2D eigenvalue weighted by atomic mass is 9.89. The van der Waals surface area contributed by atoms with Gasteiger partial charge in [0, 0.05) is 19.3 Å². The number of ether oxygens (including phenoxy) is 1. The molecule has 1 aromatic rings. The summed E-state index contributed by atoms with van der Waals surface area (Å²) >= 11 is 0. The molecule has 0 radical (unpaired) electrons. The monoisotopic (exact) mass is 264 g/mol. The maximum absolute atomic E-state index is 5.78.